The minimum atomic E-state index is -0.845. The number of allylic oxidation sites excluding steroid dienone is 2. The SMILES string of the molecule is C=CCn1c(=O)n(CC=C)c(=O)n(CC(=O)N(CC)c2ccccc2)c1=O. The van der Waals surface area contributed by atoms with Crippen LogP contribution < -0.4 is 22.0 Å². The lowest BCUT2D eigenvalue weighted by molar-refractivity contribution is -0.119. The van der Waals surface area contributed by atoms with Gasteiger partial charge >= 0.3 is 17.1 Å². The molecule has 2 aromatic rings. The van der Waals surface area contributed by atoms with Crippen molar-refractivity contribution in [3.63, 3.8) is 0 Å². The van der Waals surface area contributed by atoms with Crippen molar-refractivity contribution in [2.75, 3.05) is 11.4 Å². The highest BCUT2D eigenvalue weighted by molar-refractivity contribution is 5.93. The van der Waals surface area contributed by atoms with E-state index in [-0.39, 0.29) is 13.1 Å². The standard InChI is InChI=1S/C19H22N4O4/c1-4-12-21-17(25)22(13-5-2)19(27)23(18(21)26)14-16(24)20(6-3)15-10-8-7-9-11-15/h4-5,7-11H,1-2,6,12-14H2,3H3. The molecule has 0 unspecified atom stereocenters. The fourth-order valence-electron chi connectivity index (χ4n) is 2.72. The molecular weight excluding hydrogens is 348 g/mol. The largest absolute Gasteiger partial charge is 0.337 e. The van der Waals surface area contributed by atoms with Crippen LogP contribution in [0.2, 0.25) is 0 Å². The first-order valence-corrected chi connectivity index (χ1v) is 8.47. The maximum Gasteiger partial charge on any atom is 0.337 e. The Kier molecular flexibility index (Phi) is 6.48. The van der Waals surface area contributed by atoms with Crippen molar-refractivity contribution in [2.24, 2.45) is 0 Å². The maximum atomic E-state index is 12.8. The zero-order chi connectivity index (χ0) is 20.0. The molecule has 1 heterocycles. The van der Waals surface area contributed by atoms with Crippen LogP contribution in [0.25, 0.3) is 0 Å². The van der Waals surface area contributed by atoms with E-state index in [2.05, 4.69) is 13.2 Å². The average molecular weight is 370 g/mol. The molecule has 0 radical (unpaired) electrons. The monoisotopic (exact) mass is 370 g/mol. The number of carbonyl (C=O) groups excluding carboxylic acids is 1. The Labute approximate surface area is 155 Å². The van der Waals surface area contributed by atoms with Gasteiger partial charge in [-0.05, 0) is 19.1 Å². The molecule has 142 valence electrons. The zero-order valence-corrected chi connectivity index (χ0v) is 15.2. The summed E-state index contributed by atoms with van der Waals surface area (Å²) in [6, 6.07) is 8.93. The molecule has 0 bridgehead atoms. The first kappa shape index (κ1) is 19.9. The van der Waals surface area contributed by atoms with Gasteiger partial charge in [-0.15, -0.1) is 13.2 Å². The van der Waals surface area contributed by atoms with E-state index in [4.69, 9.17) is 0 Å². The van der Waals surface area contributed by atoms with Crippen LogP contribution in [0.15, 0.2) is 70.0 Å². The van der Waals surface area contributed by atoms with Crippen molar-refractivity contribution in [2.45, 2.75) is 26.6 Å². The predicted molar refractivity (Wildman–Crippen MR) is 104 cm³/mol. The number of nitrogens with zero attached hydrogens (tertiary/aromatic N) is 4. The van der Waals surface area contributed by atoms with E-state index < -0.39 is 29.5 Å². The second kappa shape index (κ2) is 8.79. The molecule has 0 saturated heterocycles. The normalized spacial score (nSPS) is 10.4. The summed E-state index contributed by atoms with van der Waals surface area (Å²) in [5.41, 5.74) is -1.79. The topological polar surface area (TPSA) is 86.3 Å². The van der Waals surface area contributed by atoms with Crippen LogP contribution in [-0.4, -0.2) is 26.2 Å². The first-order chi connectivity index (χ1) is 13.0. The van der Waals surface area contributed by atoms with E-state index in [1.165, 1.54) is 17.1 Å². The second-order valence-electron chi connectivity index (χ2n) is 5.71. The number of likely N-dealkylation sites (N-methyl/N-ethyl adjacent to an activating group) is 1. The average Bonchev–Trinajstić information content (AvgIpc) is 2.67. The molecular formula is C19H22N4O4. The molecule has 1 aromatic carbocycles. The Hall–Kier alpha value is -3.42. The molecule has 8 heteroatoms. The van der Waals surface area contributed by atoms with E-state index in [1.807, 2.05) is 6.07 Å². The van der Waals surface area contributed by atoms with Gasteiger partial charge in [0.15, 0.2) is 0 Å². The van der Waals surface area contributed by atoms with Crippen molar-refractivity contribution >= 4 is 11.6 Å². The summed E-state index contributed by atoms with van der Waals surface area (Å²) in [4.78, 5) is 51.8. The number of hydrogen-bond acceptors (Lipinski definition) is 4. The van der Waals surface area contributed by atoms with E-state index in [0.717, 1.165) is 13.7 Å². The van der Waals surface area contributed by atoms with Gasteiger partial charge in [0.25, 0.3) is 0 Å². The molecule has 0 N–H and O–H groups in total. The summed E-state index contributed by atoms with van der Waals surface area (Å²) in [5, 5.41) is 0. The third kappa shape index (κ3) is 4.05. The van der Waals surface area contributed by atoms with Crippen LogP contribution in [0.1, 0.15) is 6.92 Å². The number of benzene rings is 1. The lowest BCUT2D eigenvalue weighted by Gasteiger charge is -2.21. The van der Waals surface area contributed by atoms with Crippen molar-refractivity contribution < 1.29 is 4.79 Å². The Morgan fingerprint density at radius 3 is 1.85 bits per heavy atom. The lowest BCUT2D eigenvalue weighted by Crippen LogP contribution is -2.55. The van der Waals surface area contributed by atoms with Crippen LogP contribution >= 0.6 is 0 Å². The minimum absolute atomic E-state index is 0.0700. The summed E-state index contributed by atoms with van der Waals surface area (Å²) < 4.78 is 2.50. The number of amides is 1. The van der Waals surface area contributed by atoms with Gasteiger partial charge in [-0.3, -0.25) is 4.79 Å². The van der Waals surface area contributed by atoms with Crippen LogP contribution in [0.5, 0.6) is 0 Å². The molecule has 0 aliphatic rings. The molecule has 2 rings (SSSR count). The number of rotatable bonds is 8. The fraction of sp³-hybridized carbons (Fsp3) is 0.263. The highest BCUT2D eigenvalue weighted by atomic mass is 16.2. The van der Waals surface area contributed by atoms with Gasteiger partial charge in [0.05, 0.1) is 13.1 Å². The zero-order valence-electron chi connectivity index (χ0n) is 15.2. The number of para-hydroxylation sites is 1. The number of anilines is 1. The summed E-state index contributed by atoms with van der Waals surface area (Å²) >= 11 is 0. The molecule has 0 spiro atoms. The lowest BCUT2D eigenvalue weighted by atomic mass is 10.3. The fourth-order valence-corrected chi connectivity index (χ4v) is 2.72. The van der Waals surface area contributed by atoms with E-state index >= 15 is 0 Å². The third-order valence-corrected chi connectivity index (χ3v) is 3.99. The van der Waals surface area contributed by atoms with Gasteiger partial charge in [-0.1, -0.05) is 30.4 Å². The number of hydrogen-bond donors (Lipinski definition) is 0. The predicted octanol–water partition coefficient (Wildman–Crippen LogP) is 0.597. The third-order valence-electron chi connectivity index (χ3n) is 3.99. The van der Waals surface area contributed by atoms with E-state index in [1.54, 1.807) is 31.2 Å². The van der Waals surface area contributed by atoms with Crippen molar-refractivity contribution in [3.05, 3.63) is 87.1 Å². The van der Waals surface area contributed by atoms with E-state index in [9.17, 15) is 19.2 Å². The van der Waals surface area contributed by atoms with Crippen molar-refractivity contribution in [1.82, 2.24) is 13.7 Å². The van der Waals surface area contributed by atoms with Crippen molar-refractivity contribution in [3.8, 4) is 0 Å². The van der Waals surface area contributed by atoms with Gasteiger partial charge in [0.2, 0.25) is 5.91 Å². The number of aromatic nitrogens is 3. The molecule has 0 saturated carbocycles. The van der Waals surface area contributed by atoms with Crippen LogP contribution in [0, 0.1) is 0 Å². The molecule has 0 aliphatic carbocycles. The molecule has 0 atom stereocenters. The highest BCUT2D eigenvalue weighted by Crippen LogP contribution is 2.13. The van der Waals surface area contributed by atoms with Crippen LogP contribution in [-0.2, 0) is 24.4 Å². The first-order valence-electron chi connectivity index (χ1n) is 8.47. The molecule has 0 aliphatic heterocycles. The van der Waals surface area contributed by atoms with Crippen LogP contribution in [0.4, 0.5) is 5.69 Å². The molecule has 1 aromatic heterocycles. The van der Waals surface area contributed by atoms with Crippen LogP contribution in [0.3, 0.4) is 0 Å². The van der Waals surface area contributed by atoms with Crippen molar-refractivity contribution in [1.29, 1.82) is 0 Å². The quantitative estimate of drug-likeness (QED) is 0.637. The Morgan fingerprint density at radius 2 is 1.41 bits per heavy atom. The maximum absolute atomic E-state index is 12.8. The van der Waals surface area contributed by atoms with Gasteiger partial charge in [0.1, 0.15) is 6.54 Å². The van der Waals surface area contributed by atoms with Gasteiger partial charge in [-0.25, -0.2) is 28.1 Å². The summed E-state index contributed by atoms with van der Waals surface area (Å²) in [5.74, 6) is -0.433. The van der Waals surface area contributed by atoms with E-state index in [0.29, 0.717) is 12.2 Å². The second-order valence-corrected chi connectivity index (χ2v) is 5.71. The smallest absolute Gasteiger partial charge is 0.311 e. The molecule has 1 amide bonds. The Bertz CT molecular complexity index is 966. The number of carbonyl (C=O) groups is 1. The minimum Gasteiger partial charge on any atom is -0.311 e. The molecule has 0 fully saturated rings. The Morgan fingerprint density at radius 1 is 0.926 bits per heavy atom. The molecule has 27 heavy (non-hydrogen) atoms. The van der Waals surface area contributed by atoms with Gasteiger partial charge in [0, 0.05) is 12.2 Å². The van der Waals surface area contributed by atoms with Gasteiger partial charge in [-0.2, -0.15) is 0 Å². The summed E-state index contributed by atoms with van der Waals surface area (Å²) in [7, 11) is 0. The summed E-state index contributed by atoms with van der Waals surface area (Å²) in [6.45, 7) is 8.58. The summed E-state index contributed by atoms with van der Waals surface area (Å²) in [6.07, 6.45) is 2.75. The molecule has 8 nitrogen and oxygen atoms in total. The highest BCUT2D eigenvalue weighted by Gasteiger charge is 2.20. The van der Waals surface area contributed by atoms with Gasteiger partial charge < -0.3 is 4.90 Å². The Balaban J connectivity index is 2.54.